The molecule has 0 aliphatic carbocycles. The van der Waals surface area contributed by atoms with Gasteiger partial charge < -0.3 is 4.90 Å². The summed E-state index contributed by atoms with van der Waals surface area (Å²) < 4.78 is 1.22. The maximum absolute atomic E-state index is 12.7. The van der Waals surface area contributed by atoms with Gasteiger partial charge in [0.05, 0.1) is 4.88 Å². The van der Waals surface area contributed by atoms with E-state index < -0.39 is 0 Å². The molecule has 0 saturated carbocycles. The maximum atomic E-state index is 12.7. The van der Waals surface area contributed by atoms with E-state index in [2.05, 4.69) is 26.0 Å². The first-order chi connectivity index (χ1) is 9.16. The van der Waals surface area contributed by atoms with Gasteiger partial charge in [0.15, 0.2) is 0 Å². The van der Waals surface area contributed by atoms with Crippen LogP contribution in [0.25, 0.3) is 10.1 Å². The van der Waals surface area contributed by atoms with Crippen molar-refractivity contribution in [1.82, 2.24) is 4.90 Å². The third kappa shape index (κ3) is 2.27. The highest BCUT2D eigenvalue weighted by molar-refractivity contribution is 7.21. The summed E-state index contributed by atoms with van der Waals surface area (Å²) >= 11 is 1.64. The number of nitrogens with zero attached hydrogens (tertiary/aromatic N) is 1. The second-order valence-electron chi connectivity index (χ2n) is 5.55. The lowest BCUT2D eigenvalue weighted by Crippen LogP contribution is -2.38. The smallest absolute Gasteiger partial charge is 0.264 e. The average Bonchev–Trinajstić information content (AvgIpc) is 2.76. The van der Waals surface area contributed by atoms with Crippen molar-refractivity contribution in [2.24, 2.45) is 5.92 Å². The highest BCUT2D eigenvalue weighted by Gasteiger charge is 2.25. The molecule has 2 aromatic rings. The summed E-state index contributed by atoms with van der Waals surface area (Å²) in [5, 5.41) is 1.22. The molecule has 1 saturated heterocycles. The number of rotatable bonds is 1. The maximum Gasteiger partial charge on any atom is 0.264 e. The topological polar surface area (TPSA) is 20.3 Å². The molecule has 0 N–H and O–H groups in total. The minimum atomic E-state index is 0.227. The molecular formula is C16H19NOS. The zero-order valence-corrected chi connectivity index (χ0v) is 12.3. The first-order valence-electron chi connectivity index (χ1n) is 6.94. The van der Waals surface area contributed by atoms with E-state index in [0.29, 0.717) is 5.92 Å². The second kappa shape index (κ2) is 4.97. The van der Waals surface area contributed by atoms with E-state index >= 15 is 0 Å². The fraction of sp³-hybridized carbons (Fsp3) is 0.438. The molecule has 1 amide bonds. The molecule has 0 radical (unpaired) electrons. The Morgan fingerprint density at radius 2 is 2.16 bits per heavy atom. The molecule has 2 nitrogen and oxygen atoms in total. The molecular weight excluding hydrogens is 254 g/mol. The Hall–Kier alpha value is -1.35. The number of benzene rings is 1. The highest BCUT2D eigenvalue weighted by atomic mass is 32.1. The zero-order chi connectivity index (χ0) is 13.4. The zero-order valence-electron chi connectivity index (χ0n) is 11.5. The Morgan fingerprint density at radius 1 is 1.37 bits per heavy atom. The van der Waals surface area contributed by atoms with Gasteiger partial charge in [0, 0.05) is 17.8 Å². The fourth-order valence-corrected chi connectivity index (χ4v) is 4.07. The lowest BCUT2D eigenvalue weighted by Gasteiger charge is -2.30. The van der Waals surface area contributed by atoms with Crippen LogP contribution in [0.4, 0.5) is 0 Å². The summed E-state index contributed by atoms with van der Waals surface area (Å²) in [7, 11) is 0. The van der Waals surface area contributed by atoms with E-state index in [4.69, 9.17) is 0 Å². The number of carbonyl (C=O) groups is 1. The van der Waals surface area contributed by atoms with Gasteiger partial charge in [-0.05, 0) is 42.7 Å². The molecule has 1 aromatic carbocycles. The van der Waals surface area contributed by atoms with Crippen LogP contribution in [0, 0.1) is 12.8 Å². The van der Waals surface area contributed by atoms with E-state index in [0.717, 1.165) is 30.0 Å². The fourth-order valence-electron chi connectivity index (χ4n) is 2.90. The average molecular weight is 273 g/mol. The summed E-state index contributed by atoms with van der Waals surface area (Å²) in [5.41, 5.74) is 1.14. The van der Waals surface area contributed by atoms with Crippen LogP contribution in [0.2, 0.25) is 0 Å². The van der Waals surface area contributed by atoms with E-state index in [1.807, 2.05) is 17.0 Å². The van der Waals surface area contributed by atoms with Crippen molar-refractivity contribution in [2.45, 2.75) is 26.7 Å². The van der Waals surface area contributed by atoms with Gasteiger partial charge in [-0.1, -0.05) is 25.1 Å². The van der Waals surface area contributed by atoms with Crippen molar-refractivity contribution < 1.29 is 4.79 Å². The first-order valence-corrected chi connectivity index (χ1v) is 7.76. The predicted octanol–water partition coefficient (Wildman–Crippen LogP) is 4.08. The molecule has 1 fully saturated rings. The summed E-state index contributed by atoms with van der Waals surface area (Å²) in [4.78, 5) is 15.6. The van der Waals surface area contributed by atoms with Gasteiger partial charge in [0.1, 0.15) is 0 Å². The lowest BCUT2D eigenvalue weighted by molar-refractivity contribution is 0.0687. The van der Waals surface area contributed by atoms with Crippen LogP contribution in [-0.4, -0.2) is 23.9 Å². The minimum Gasteiger partial charge on any atom is -0.338 e. The molecule has 0 bridgehead atoms. The molecule has 1 aliphatic heterocycles. The Kier molecular flexibility index (Phi) is 3.31. The molecule has 1 aliphatic rings. The van der Waals surface area contributed by atoms with E-state index in [-0.39, 0.29) is 5.91 Å². The van der Waals surface area contributed by atoms with E-state index in [1.165, 1.54) is 16.5 Å². The van der Waals surface area contributed by atoms with Gasteiger partial charge >= 0.3 is 0 Å². The number of fused-ring (bicyclic) bond motifs is 1. The van der Waals surface area contributed by atoms with Crippen LogP contribution in [-0.2, 0) is 0 Å². The number of amides is 1. The third-order valence-electron chi connectivity index (χ3n) is 3.98. The van der Waals surface area contributed by atoms with Gasteiger partial charge in [-0.2, -0.15) is 0 Å². The van der Waals surface area contributed by atoms with Crippen LogP contribution >= 0.6 is 11.3 Å². The van der Waals surface area contributed by atoms with E-state index in [1.54, 1.807) is 11.3 Å². The quantitative estimate of drug-likeness (QED) is 0.766. The van der Waals surface area contributed by atoms with Gasteiger partial charge in [-0.25, -0.2) is 0 Å². The molecule has 19 heavy (non-hydrogen) atoms. The Balaban J connectivity index is 1.95. The SMILES string of the molecule is Cc1c(C(=O)N2CCCC(C)C2)sc2ccccc12. The number of aryl methyl sites for hydroxylation is 1. The molecule has 100 valence electrons. The van der Waals surface area contributed by atoms with Crippen LogP contribution in [0.5, 0.6) is 0 Å². The van der Waals surface area contributed by atoms with Crippen LogP contribution in [0.3, 0.4) is 0 Å². The highest BCUT2D eigenvalue weighted by Crippen LogP contribution is 2.32. The van der Waals surface area contributed by atoms with Crippen LogP contribution in [0.15, 0.2) is 24.3 Å². The van der Waals surface area contributed by atoms with Crippen molar-refractivity contribution in [3.8, 4) is 0 Å². The first kappa shape index (κ1) is 12.7. The number of carbonyl (C=O) groups excluding carboxylic acids is 1. The summed E-state index contributed by atoms with van der Waals surface area (Å²) in [5.74, 6) is 0.859. The van der Waals surface area contributed by atoms with Gasteiger partial charge in [0.2, 0.25) is 0 Å². The van der Waals surface area contributed by atoms with Gasteiger partial charge in [-0.3, -0.25) is 4.79 Å². The number of thiophene rings is 1. The largest absolute Gasteiger partial charge is 0.338 e. The number of piperidine rings is 1. The van der Waals surface area contributed by atoms with Crippen molar-refractivity contribution in [2.75, 3.05) is 13.1 Å². The van der Waals surface area contributed by atoms with Crippen LogP contribution < -0.4 is 0 Å². The molecule has 1 unspecified atom stereocenters. The lowest BCUT2D eigenvalue weighted by atomic mass is 10.00. The Labute approximate surface area is 118 Å². The molecule has 1 aromatic heterocycles. The third-order valence-corrected chi connectivity index (χ3v) is 5.24. The summed E-state index contributed by atoms with van der Waals surface area (Å²) in [6, 6.07) is 8.29. The molecule has 3 heteroatoms. The van der Waals surface area contributed by atoms with Crippen molar-refractivity contribution >= 4 is 27.3 Å². The summed E-state index contributed by atoms with van der Waals surface area (Å²) in [6.07, 6.45) is 2.38. The Morgan fingerprint density at radius 3 is 2.89 bits per heavy atom. The van der Waals surface area contributed by atoms with Crippen molar-refractivity contribution in [3.05, 3.63) is 34.7 Å². The summed E-state index contributed by atoms with van der Waals surface area (Å²) in [6.45, 7) is 6.13. The number of hydrogen-bond donors (Lipinski definition) is 0. The van der Waals surface area contributed by atoms with Gasteiger partial charge in [0.25, 0.3) is 5.91 Å². The minimum absolute atomic E-state index is 0.227. The molecule has 0 spiro atoms. The Bertz CT molecular complexity index is 616. The number of likely N-dealkylation sites (tertiary alicyclic amines) is 1. The van der Waals surface area contributed by atoms with Crippen molar-refractivity contribution in [1.29, 1.82) is 0 Å². The number of hydrogen-bond acceptors (Lipinski definition) is 2. The monoisotopic (exact) mass is 273 g/mol. The molecule has 3 rings (SSSR count). The normalized spacial score (nSPS) is 19.9. The van der Waals surface area contributed by atoms with Crippen molar-refractivity contribution in [3.63, 3.8) is 0 Å². The standard InChI is InChI=1S/C16H19NOS/c1-11-6-5-9-17(10-11)16(18)15-12(2)13-7-3-4-8-14(13)19-15/h3-4,7-8,11H,5-6,9-10H2,1-2H3. The predicted molar refractivity (Wildman–Crippen MR) is 80.9 cm³/mol. The van der Waals surface area contributed by atoms with E-state index in [9.17, 15) is 4.79 Å². The second-order valence-corrected chi connectivity index (χ2v) is 6.60. The van der Waals surface area contributed by atoms with Crippen LogP contribution in [0.1, 0.15) is 35.0 Å². The van der Waals surface area contributed by atoms with Gasteiger partial charge in [-0.15, -0.1) is 11.3 Å². The molecule has 1 atom stereocenters. The molecule has 2 heterocycles.